The van der Waals surface area contributed by atoms with Gasteiger partial charge in [-0.15, -0.1) is 0 Å². The van der Waals surface area contributed by atoms with Gasteiger partial charge in [-0.3, -0.25) is 0 Å². The number of aliphatic hydroxyl groups is 1. The number of nitrogens with two attached hydrogens (primary N) is 1. The number of rotatable bonds is 9. The van der Waals surface area contributed by atoms with Crippen LogP contribution in [0.2, 0.25) is 0 Å². The standard InChI is InChI=1S/C24H26FNO2/c1-18-7-11-21(12-8-18)24(20-5-3-2-4-6-20)28-17-23(27)16-26-15-19-9-13-22(25)14-10-19/h2-14,23-24,26-27H,15-17H2,1H3/p+1/t23-,24+/m0/s1. The van der Waals surface area contributed by atoms with Crippen LogP contribution in [0.25, 0.3) is 0 Å². The number of halogens is 1. The quantitative estimate of drug-likeness (QED) is 0.598. The van der Waals surface area contributed by atoms with Crippen LogP contribution in [0.5, 0.6) is 0 Å². The van der Waals surface area contributed by atoms with Crippen LogP contribution in [-0.2, 0) is 11.3 Å². The highest BCUT2D eigenvalue weighted by atomic mass is 19.1. The van der Waals surface area contributed by atoms with Gasteiger partial charge in [-0.1, -0.05) is 72.3 Å². The molecular weight excluding hydrogens is 353 g/mol. The van der Waals surface area contributed by atoms with Crippen molar-refractivity contribution in [3.8, 4) is 0 Å². The number of ether oxygens (including phenoxy) is 1. The molecule has 0 aliphatic carbocycles. The van der Waals surface area contributed by atoms with E-state index in [-0.39, 0.29) is 18.5 Å². The third kappa shape index (κ3) is 5.99. The number of benzene rings is 3. The zero-order valence-corrected chi connectivity index (χ0v) is 16.1. The zero-order valence-electron chi connectivity index (χ0n) is 16.1. The number of hydrogen-bond acceptors (Lipinski definition) is 2. The Kier molecular flexibility index (Phi) is 7.31. The zero-order chi connectivity index (χ0) is 19.8. The number of aryl methyl sites for hydroxylation is 1. The number of quaternary nitrogens is 1. The summed E-state index contributed by atoms with van der Waals surface area (Å²) in [5.74, 6) is -0.236. The van der Waals surface area contributed by atoms with E-state index in [1.165, 1.54) is 17.7 Å². The Morgan fingerprint density at radius 3 is 2.21 bits per heavy atom. The fourth-order valence-corrected chi connectivity index (χ4v) is 3.09. The first-order valence-corrected chi connectivity index (χ1v) is 9.59. The van der Waals surface area contributed by atoms with Crippen molar-refractivity contribution in [3.05, 3.63) is 107 Å². The van der Waals surface area contributed by atoms with Crippen molar-refractivity contribution in [2.45, 2.75) is 25.7 Å². The lowest BCUT2D eigenvalue weighted by molar-refractivity contribution is -0.676. The largest absolute Gasteiger partial charge is 0.385 e. The molecule has 0 fully saturated rings. The summed E-state index contributed by atoms with van der Waals surface area (Å²) in [4.78, 5) is 0. The van der Waals surface area contributed by atoms with Crippen LogP contribution in [0, 0.1) is 12.7 Å². The van der Waals surface area contributed by atoms with Crippen LogP contribution in [0.3, 0.4) is 0 Å². The smallest absolute Gasteiger partial charge is 0.126 e. The van der Waals surface area contributed by atoms with Gasteiger partial charge in [0, 0.05) is 5.56 Å². The molecule has 0 radical (unpaired) electrons. The molecule has 0 amide bonds. The first-order valence-electron chi connectivity index (χ1n) is 9.59. The van der Waals surface area contributed by atoms with E-state index in [0.29, 0.717) is 13.1 Å². The van der Waals surface area contributed by atoms with Crippen LogP contribution in [0.15, 0.2) is 78.9 Å². The van der Waals surface area contributed by atoms with Gasteiger partial charge in [-0.25, -0.2) is 4.39 Å². The lowest BCUT2D eigenvalue weighted by atomic mass is 10.0. The van der Waals surface area contributed by atoms with Gasteiger partial charge in [0.25, 0.3) is 0 Å². The fourth-order valence-electron chi connectivity index (χ4n) is 3.09. The third-order valence-corrected chi connectivity index (χ3v) is 4.67. The molecular formula is C24H27FNO2+. The van der Waals surface area contributed by atoms with Crippen molar-refractivity contribution in [2.24, 2.45) is 0 Å². The maximum atomic E-state index is 12.9. The Labute approximate surface area is 165 Å². The predicted octanol–water partition coefficient (Wildman–Crippen LogP) is 3.36. The molecule has 28 heavy (non-hydrogen) atoms. The minimum absolute atomic E-state index is 0.214. The molecule has 4 heteroatoms. The van der Waals surface area contributed by atoms with Crippen molar-refractivity contribution in [2.75, 3.05) is 13.2 Å². The van der Waals surface area contributed by atoms with E-state index >= 15 is 0 Å². The van der Waals surface area contributed by atoms with Crippen LogP contribution in [0.4, 0.5) is 4.39 Å². The molecule has 3 N–H and O–H groups in total. The second-order valence-corrected chi connectivity index (χ2v) is 7.04. The normalized spacial score (nSPS) is 13.2. The molecule has 0 unspecified atom stereocenters. The maximum absolute atomic E-state index is 12.9. The van der Waals surface area contributed by atoms with Gasteiger partial charge in [0.15, 0.2) is 0 Å². The summed E-state index contributed by atoms with van der Waals surface area (Å²) in [6.07, 6.45) is -0.800. The average molecular weight is 380 g/mol. The molecule has 3 aromatic rings. The molecule has 3 aromatic carbocycles. The van der Waals surface area contributed by atoms with E-state index in [0.717, 1.165) is 16.7 Å². The maximum Gasteiger partial charge on any atom is 0.126 e. The van der Waals surface area contributed by atoms with Crippen LogP contribution >= 0.6 is 0 Å². The van der Waals surface area contributed by atoms with Gasteiger partial charge in [0.2, 0.25) is 0 Å². The van der Waals surface area contributed by atoms with E-state index in [9.17, 15) is 9.50 Å². The Morgan fingerprint density at radius 2 is 1.54 bits per heavy atom. The van der Waals surface area contributed by atoms with Crippen molar-refractivity contribution in [1.29, 1.82) is 0 Å². The van der Waals surface area contributed by atoms with E-state index in [4.69, 9.17) is 4.74 Å². The monoisotopic (exact) mass is 380 g/mol. The van der Waals surface area contributed by atoms with Gasteiger partial charge in [0.1, 0.15) is 31.1 Å². The molecule has 0 heterocycles. The molecule has 0 aliphatic heterocycles. The average Bonchev–Trinajstić information content (AvgIpc) is 2.72. The third-order valence-electron chi connectivity index (χ3n) is 4.67. The van der Waals surface area contributed by atoms with Crippen molar-refractivity contribution in [1.82, 2.24) is 0 Å². The number of hydrogen-bond donors (Lipinski definition) is 2. The lowest BCUT2D eigenvalue weighted by Gasteiger charge is -2.21. The van der Waals surface area contributed by atoms with E-state index in [1.54, 1.807) is 12.1 Å². The van der Waals surface area contributed by atoms with Crippen molar-refractivity contribution >= 4 is 0 Å². The van der Waals surface area contributed by atoms with Crippen molar-refractivity contribution in [3.63, 3.8) is 0 Å². The van der Waals surface area contributed by atoms with Gasteiger partial charge in [0.05, 0.1) is 6.61 Å². The molecule has 0 bridgehead atoms. The fraction of sp³-hybridized carbons (Fsp3) is 0.250. The first kappa shape index (κ1) is 20.2. The second kappa shape index (κ2) is 10.1. The predicted molar refractivity (Wildman–Crippen MR) is 108 cm³/mol. The topological polar surface area (TPSA) is 46.1 Å². The van der Waals surface area contributed by atoms with E-state index in [2.05, 4.69) is 31.2 Å². The molecule has 0 saturated carbocycles. The molecule has 0 aliphatic rings. The van der Waals surface area contributed by atoms with Gasteiger partial charge in [-0.2, -0.15) is 0 Å². The van der Waals surface area contributed by atoms with E-state index < -0.39 is 6.10 Å². The molecule has 3 rings (SSSR count). The summed E-state index contributed by atoms with van der Waals surface area (Å²) in [6, 6.07) is 24.8. The summed E-state index contributed by atoms with van der Waals surface area (Å²) < 4.78 is 19.1. The first-order chi connectivity index (χ1) is 13.6. The Morgan fingerprint density at radius 1 is 0.893 bits per heavy atom. The van der Waals surface area contributed by atoms with Gasteiger partial charge in [-0.05, 0) is 30.2 Å². The van der Waals surface area contributed by atoms with Crippen LogP contribution in [-0.4, -0.2) is 24.4 Å². The van der Waals surface area contributed by atoms with Crippen molar-refractivity contribution < 1.29 is 19.6 Å². The van der Waals surface area contributed by atoms with Gasteiger partial charge >= 0.3 is 0 Å². The Hall–Kier alpha value is -2.53. The number of aliphatic hydroxyl groups excluding tert-OH is 1. The van der Waals surface area contributed by atoms with E-state index in [1.807, 2.05) is 35.6 Å². The molecule has 3 nitrogen and oxygen atoms in total. The lowest BCUT2D eigenvalue weighted by Crippen LogP contribution is -2.85. The molecule has 0 saturated heterocycles. The highest BCUT2D eigenvalue weighted by Crippen LogP contribution is 2.26. The SMILES string of the molecule is Cc1ccc([C@H](OC[C@@H](O)C[NH2+]Cc2ccc(F)cc2)c2ccccc2)cc1. The highest BCUT2D eigenvalue weighted by molar-refractivity contribution is 5.31. The molecule has 146 valence electrons. The minimum atomic E-state index is -0.586. The van der Waals surface area contributed by atoms with Crippen LogP contribution in [0.1, 0.15) is 28.4 Å². The summed E-state index contributed by atoms with van der Waals surface area (Å²) in [5.41, 5.74) is 4.36. The summed E-state index contributed by atoms with van der Waals surface area (Å²) in [7, 11) is 0. The summed E-state index contributed by atoms with van der Waals surface area (Å²) in [5, 5.41) is 12.3. The van der Waals surface area contributed by atoms with Gasteiger partial charge < -0.3 is 15.2 Å². The second-order valence-electron chi connectivity index (χ2n) is 7.04. The molecule has 0 aromatic heterocycles. The minimum Gasteiger partial charge on any atom is -0.385 e. The molecule has 0 spiro atoms. The Balaban J connectivity index is 1.55. The molecule has 2 atom stereocenters. The Bertz CT molecular complexity index is 835. The highest BCUT2D eigenvalue weighted by Gasteiger charge is 2.17. The van der Waals surface area contributed by atoms with Crippen LogP contribution < -0.4 is 5.32 Å². The summed E-state index contributed by atoms with van der Waals surface area (Å²) >= 11 is 0. The summed E-state index contributed by atoms with van der Waals surface area (Å²) in [6.45, 7) is 3.51.